The summed E-state index contributed by atoms with van der Waals surface area (Å²) in [7, 11) is 0. The van der Waals surface area contributed by atoms with E-state index in [2.05, 4.69) is 37.4 Å². The maximum atomic E-state index is 12.5. The Morgan fingerprint density at radius 2 is 2.11 bits per heavy atom. The summed E-state index contributed by atoms with van der Waals surface area (Å²) in [6.07, 6.45) is 2.30. The Bertz CT molecular complexity index is 933. The van der Waals surface area contributed by atoms with Gasteiger partial charge in [0.2, 0.25) is 5.91 Å². The second-order valence-electron chi connectivity index (χ2n) is 6.76. The normalized spacial score (nSPS) is 14.9. The van der Waals surface area contributed by atoms with Crippen LogP contribution in [-0.4, -0.2) is 31.1 Å². The summed E-state index contributed by atoms with van der Waals surface area (Å²) in [6.45, 7) is 4.34. The summed E-state index contributed by atoms with van der Waals surface area (Å²) in [5, 5.41) is 15.8. The molecule has 0 saturated heterocycles. The lowest BCUT2D eigenvalue weighted by Crippen LogP contribution is -2.23. The number of aromatic nitrogens is 4. The average Bonchev–Trinajstić information content (AvgIpc) is 3.32. The summed E-state index contributed by atoms with van der Waals surface area (Å²) < 4.78 is 7.13. The highest BCUT2D eigenvalue weighted by molar-refractivity contribution is 8.00. The maximum absolute atomic E-state index is 12.5. The molecule has 7 nitrogen and oxygen atoms in total. The predicted octanol–water partition coefficient (Wildman–Crippen LogP) is 3.62. The number of nitrogens with zero attached hydrogens (tertiary/aromatic N) is 4. The van der Waals surface area contributed by atoms with E-state index in [1.165, 1.54) is 17.3 Å². The van der Waals surface area contributed by atoms with E-state index in [-0.39, 0.29) is 11.2 Å². The van der Waals surface area contributed by atoms with Crippen LogP contribution in [0, 0.1) is 6.92 Å². The van der Waals surface area contributed by atoms with Crippen molar-refractivity contribution in [1.29, 1.82) is 0 Å². The SMILES string of the molecule is Cc1cc(NC(=O)C(C)Sc2nnc(C3CC3)n2Cc2ccccc2)no1. The fourth-order valence-corrected chi connectivity index (χ4v) is 3.67. The molecule has 1 amide bonds. The Balaban J connectivity index is 1.50. The van der Waals surface area contributed by atoms with Gasteiger partial charge in [0.1, 0.15) is 11.6 Å². The Labute approximate surface area is 161 Å². The molecule has 3 aromatic rings. The number of carbonyl (C=O) groups is 1. The van der Waals surface area contributed by atoms with Gasteiger partial charge < -0.3 is 14.4 Å². The Morgan fingerprint density at radius 1 is 1.33 bits per heavy atom. The lowest BCUT2D eigenvalue weighted by molar-refractivity contribution is -0.115. The van der Waals surface area contributed by atoms with Crippen molar-refractivity contribution in [2.45, 2.75) is 49.6 Å². The monoisotopic (exact) mass is 383 g/mol. The van der Waals surface area contributed by atoms with Crippen molar-refractivity contribution in [3.8, 4) is 0 Å². The minimum atomic E-state index is -0.340. The van der Waals surface area contributed by atoms with Gasteiger partial charge >= 0.3 is 0 Å². The highest BCUT2D eigenvalue weighted by Crippen LogP contribution is 2.40. The van der Waals surface area contributed by atoms with Gasteiger partial charge in [0.05, 0.1) is 11.8 Å². The molecule has 1 aromatic carbocycles. The third-order valence-electron chi connectivity index (χ3n) is 4.40. The molecule has 2 aromatic heterocycles. The first-order chi connectivity index (χ1) is 13.1. The van der Waals surface area contributed by atoms with Crippen LogP contribution in [0.15, 0.2) is 46.1 Å². The number of benzene rings is 1. The lowest BCUT2D eigenvalue weighted by atomic mass is 10.2. The van der Waals surface area contributed by atoms with Crippen LogP contribution in [0.25, 0.3) is 0 Å². The first-order valence-corrected chi connectivity index (χ1v) is 9.86. The highest BCUT2D eigenvalue weighted by atomic mass is 32.2. The molecule has 1 aliphatic rings. The fourth-order valence-electron chi connectivity index (χ4n) is 2.81. The third kappa shape index (κ3) is 4.21. The van der Waals surface area contributed by atoms with Crippen LogP contribution in [0.4, 0.5) is 5.82 Å². The van der Waals surface area contributed by atoms with Crippen molar-refractivity contribution in [3.63, 3.8) is 0 Å². The summed E-state index contributed by atoms with van der Waals surface area (Å²) in [5.41, 5.74) is 1.19. The van der Waals surface area contributed by atoms with Gasteiger partial charge in [-0.05, 0) is 32.3 Å². The van der Waals surface area contributed by atoms with Crippen LogP contribution < -0.4 is 5.32 Å². The van der Waals surface area contributed by atoms with Gasteiger partial charge in [-0.15, -0.1) is 10.2 Å². The number of carbonyl (C=O) groups excluding carboxylic acids is 1. The van der Waals surface area contributed by atoms with E-state index in [0.29, 0.717) is 24.0 Å². The number of thioether (sulfide) groups is 1. The van der Waals surface area contributed by atoms with E-state index >= 15 is 0 Å². The molecular formula is C19H21N5O2S. The van der Waals surface area contributed by atoms with E-state index in [1.54, 1.807) is 13.0 Å². The zero-order valence-electron chi connectivity index (χ0n) is 15.3. The zero-order chi connectivity index (χ0) is 18.8. The third-order valence-corrected chi connectivity index (χ3v) is 5.48. The minimum Gasteiger partial charge on any atom is -0.360 e. The lowest BCUT2D eigenvalue weighted by Gasteiger charge is -2.13. The molecule has 0 aliphatic heterocycles. The van der Waals surface area contributed by atoms with E-state index in [4.69, 9.17) is 4.52 Å². The van der Waals surface area contributed by atoms with Crippen LogP contribution in [0.1, 0.15) is 42.8 Å². The summed E-state index contributed by atoms with van der Waals surface area (Å²) in [6, 6.07) is 11.9. The first-order valence-electron chi connectivity index (χ1n) is 8.98. The largest absolute Gasteiger partial charge is 0.360 e. The number of aryl methyl sites for hydroxylation is 1. The summed E-state index contributed by atoms with van der Waals surface area (Å²) in [5.74, 6) is 2.44. The van der Waals surface area contributed by atoms with Crippen molar-refractivity contribution >= 4 is 23.5 Å². The van der Waals surface area contributed by atoms with E-state index in [1.807, 2.05) is 25.1 Å². The van der Waals surface area contributed by atoms with Crippen LogP contribution in [0.2, 0.25) is 0 Å². The maximum Gasteiger partial charge on any atom is 0.238 e. The van der Waals surface area contributed by atoms with Gasteiger partial charge in [0.15, 0.2) is 11.0 Å². The number of nitrogens with one attached hydrogen (secondary N) is 1. The van der Waals surface area contributed by atoms with Gasteiger partial charge in [-0.3, -0.25) is 4.79 Å². The number of hydrogen-bond donors (Lipinski definition) is 1. The molecule has 0 bridgehead atoms. The van der Waals surface area contributed by atoms with Crippen molar-refractivity contribution in [2.24, 2.45) is 0 Å². The quantitative estimate of drug-likeness (QED) is 0.627. The smallest absolute Gasteiger partial charge is 0.238 e. The Kier molecular flexibility index (Phi) is 4.98. The second-order valence-corrected chi connectivity index (χ2v) is 8.07. The molecule has 2 heterocycles. The Hall–Kier alpha value is -2.61. The van der Waals surface area contributed by atoms with Crippen LogP contribution >= 0.6 is 11.8 Å². The van der Waals surface area contributed by atoms with Gasteiger partial charge in [-0.1, -0.05) is 47.3 Å². The summed E-state index contributed by atoms with van der Waals surface area (Å²) >= 11 is 1.41. The van der Waals surface area contributed by atoms with Crippen LogP contribution in [-0.2, 0) is 11.3 Å². The molecule has 1 fully saturated rings. The van der Waals surface area contributed by atoms with Gasteiger partial charge in [-0.2, -0.15) is 0 Å². The van der Waals surface area contributed by atoms with E-state index in [0.717, 1.165) is 23.8 Å². The Morgan fingerprint density at radius 3 is 2.78 bits per heavy atom. The number of anilines is 1. The highest BCUT2D eigenvalue weighted by Gasteiger charge is 2.31. The molecule has 1 unspecified atom stereocenters. The molecule has 0 radical (unpaired) electrons. The van der Waals surface area contributed by atoms with Crippen molar-refractivity contribution in [3.05, 3.63) is 53.5 Å². The molecule has 1 aliphatic carbocycles. The van der Waals surface area contributed by atoms with Crippen molar-refractivity contribution < 1.29 is 9.32 Å². The molecule has 27 heavy (non-hydrogen) atoms. The van der Waals surface area contributed by atoms with Gasteiger partial charge in [0.25, 0.3) is 0 Å². The molecule has 1 saturated carbocycles. The van der Waals surface area contributed by atoms with E-state index in [9.17, 15) is 4.79 Å². The number of hydrogen-bond acceptors (Lipinski definition) is 6. The molecule has 0 spiro atoms. The molecular weight excluding hydrogens is 362 g/mol. The van der Waals surface area contributed by atoms with Crippen LogP contribution in [0.3, 0.4) is 0 Å². The van der Waals surface area contributed by atoms with Gasteiger partial charge in [-0.25, -0.2) is 0 Å². The number of amides is 1. The molecule has 1 N–H and O–H groups in total. The molecule has 1 atom stereocenters. The standard InChI is InChI=1S/C19H21N5O2S/c1-12-10-16(23-26-12)20-18(25)13(2)27-19-22-21-17(15-8-9-15)24(19)11-14-6-4-3-5-7-14/h3-7,10,13,15H,8-9,11H2,1-2H3,(H,20,23,25). The first kappa shape index (κ1) is 17.8. The summed E-state index contributed by atoms with van der Waals surface area (Å²) in [4.78, 5) is 12.5. The minimum absolute atomic E-state index is 0.143. The molecule has 8 heteroatoms. The fraction of sp³-hybridized carbons (Fsp3) is 0.368. The number of rotatable bonds is 7. The van der Waals surface area contributed by atoms with Gasteiger partial charge in [0, 0.05) is 12.0 Å². The second kappa shape index (κ2) is 7.56. The average molecular weight is 383 g/mol. The van der Waals surface area contributed by atoms with Crippen molar-refractivity contribution in [2.75, 3.05) is 5.32 Å². The van der Waals surface area contributed by atoms with E-state index < -0.39 is 0 Å². The topological polar surface area (TPSA) is 85.8 Å². The van der Waals surface area contributed by atoms with Crippen LogP contribution in [0.5, 0.6) is 0 Å². The molecule has 140 valence electrons. The zero-order valence-corrected chi connectivity index (χ0v) is 16.1. The predicted molar refractivity (Wildman–Crippen MR) is 103 cm³/mol. The molecule has 4 rings (SSSR count). The van der Waals surface area contributed by atoms with Crippen molar-refractivity contribution in [1.82, 2.24) is 19.9 Å².